The zero-order chi connectivity index (χ0) is 13.5. The van der Waals surface area contributed by atoms with Gasteiger partial charge in [-0.2, -0.15) is 0 Å². The Hall–Kier alpha value is 0.403. The minimum atomic E-state index is -5.42. The van der Waals surface area contributed by atoms with Crippen molar-refractivity contribution in [3.05, 3.63) is 0 Å². The van der Waals surface area contributed by atoms with Gasteiger partial charge in [-0.25, -0.2) is 25.3 Å². The molecule has 0 N–H and O–H groups in total. The van der Waals surface area contributed by atoms with Gasteiger partial charge in [-0.15, -0.1) is 11.7 Å². The zero-order valence-corrected chi connectivity index (χ0v) is 12.4. The molecule has 0 saturated carbocycles. The Morgan fingerprint density at radius 3 is 0.562 bits per heavy atom. The van der Waals surface area contributed by atoms with E-state index in [4.69, 9.17) is 38.9 Å². The summed E-state index contributed by atoms with van der Waals surface area (Å²) >= 11 is 0. The van der Waals surface area contributed by atoms with Crippen molar-refractivity contribution in [1.29, 1.82) is 0 Å². The first-order valence-corrected chi connectivity index (χ1v) is 5.89. The second kappa shape index (κ2) is 9.43. The third-order valence-corrected chi connectivity index (χ3v) is 0. The topological polar surface area (TPSA) is 172 Å². The Bertz CT molecular complexity index is 347. The van der Waals surface area contributed by atoms with Crippen molar-refractivity contribution < 1.29 is 50.6 Å². The Morgan fingerprint density at radius 2 is 0.562 bits per heavy atom. The molecule has 16 heavy (non-hydrogen) atoms. The second-order valence-electron chi connectivity index (χ2n) is 1.18. The van der Waals surface area contributed by atoms with Gasteiger partial charge in [-0.1, -0.05) is 0 Å². The molecule has 2 radical (unpaired) electrons. The Kier molecular flexibility index (Phi) is 14.9. The van der Waals surface area contributed by atoms with Gasteiger partial charge in [0.15, 0.2) is 0 Å². The summed E-state index contributed by atoms with van der Waals surface area (Å²) in [6.07, 6.45) is 0. The summed E-state index contributed by atoms with van der Waals surface area (Å²) in [5.41, 5.74) is 0. The number of rotatable bonds is 0. The van der Waals surface area contributed by atoms with Gasteiger partial charge in [-0.3, -0.25) is 0 Å². The van der Waals surface area contributed by atoms with E-state index in [-0.39, 0.29) is 26.2 Å². The van der Waals surface area contributed by atoms with Gasteiger partial charge in [-0.05, 0) is 0 Å². The van der Waals surface area contributed by atoms with Crippen LogP contribution in [0, 0.1) is 0 Å². The van der Waals surface area contributed by atoms with Crippen molar-refractivity contribution in [3.8, 4) is 0 Å². The fraction of sp³-hybridized carbons (Fsp3) is 0. The van der Waals surface area contributed by atoms with Gasteiger partial charge in [0.25, 0.3) is 31.5 Å². The molecule has 0 aliphatic heterocycles. The quantitative estimate of drug-likeness (QED) is 0.202. The summed E-state index contributed by atoms with van der Waals surface area (Å²) in [5.74, 6) is 0. The van der Waals surface area contributed by atoms with E-state index in [0.717, 1.165) is 0 Å². The minimum absolute atomic E-state index is 0. The molecule has 0 aromatic carbocycles. The van der Waals surface area contributed by atoms with E-state index in [1.54, 1.807) is 0 Å². The van der Waals surface area contributed by atoms with Crippen LogP contribution in [0.25, 0.3) is 0 Å². The number of halogens is 3. The van der Waals surface area contributed by atoms with E-state index in [9.17, 15) is 11.7 Å². The van der Waals surface area contributed by atoms with Crippen LogP contribution in [-0.4, -0.2) is 65.1 Å². The first-order chi connectivity index (χ1) is 6.00. The predicted molar refractivity (Wildman–Crippen MR) is 38.2 cm³/mol. The minimum Gasteiger partial charge on any atom is -0.722 e. The van der Waals surface area contributed by atoms with E-state index in [2.05, 4.69) is 0 Å². The standard InChI is InChI=1S/Bi.3FHO3S/c;3*1-5(2,3)4/h;3*(H,2,3,4)/q+3;;;/p-3. The fourth-order valence-electron chi connectivity index (χ4n) is 0. The molecule has 16 heteroatoms. The first kappa shape index (κ1) is 25.3. The molecule has 0 atom stereocenters. The smallest absolute Gasteiger partial charge is 0.722 e. The van der Waals surface area contributed by atoms with Gasteiger partial charge in [0.05, 0.1) is 0 Å². The van der Waals surface area contributed by atoms with E-state index >= 15 is 0 Å². The summed E-state index contributed by atoms with van der Waals surface area (Å²) in [6, 6.07) is 0. The van der Waals surface area contributed by atoms with Crippen molar-refractivity contribution in [2.24, 2.45) is 0 Å². The molecule has 0 aromatic rings. The molecular weight excluding hydrogens is 506 g/mol. The molecule has 0 bridgehead atoms. The molecule has 0 amide bonds. The average Bonchev–Trinajstić information content (AvgIpc) is 1.41. The van der Waals surface area contributed by atoms with Crippen LogP contribution in [0.4, 0.5) is 11.7 Å². The monoisotopic (exact) mass is 506 g/mol. The molecule has 0 aromatic heterocycles. The Balaban J connectivity index is -0.0000000655. The van der Waals surface area contributed by atoms with Crippen LogP contribution < -0.4 is 0 Å². The van der Waals surface area contributed by atoms with Gasteiger partial charge in [0.1, 0.15) is 0 Å². The van der Waals surface area contributed by atoms with E-state index < -0.39 is 31.5 Å². The summed E-state index contributed by atoms with van der Waals surface area (Å²) in [7, 11) is -16.2. The van der Waals surface area contributed by atoms with Crippen LogP contribution in [0.15, 0.2) is 0 Å². The summed E-state index contributed by atoms with van der Waals surface area (Å²) < 4.78 is 106. The largest absolute Gasteiger partial charge is 3.00 e. The molecule has 9 nitrogen and oxygen atoms in total. The maximum absolute atomic E-state index is 10.1. The second-order valence-corrected chi connectivity index (χ2v) is 3.54. The molecule has 0 heterocycles. The number of hydrogen-bond acceptors (Lipinski definition) is 9. The third kappa shape index (κ3) is 15900. The van der Waals surface area contributed by atoms with Gasteiger partial charge in [0, 0.05) is 0 Å². The van der Waals surface area contributed by atoms with Crippen LogP contribution in [0.3, 0.4) is 0 Å². The maximum atomic E-state index is 10.1. The summed E-state index contributed by atoms with van der Waals surface area (Å²) in [5, 5.41) is 0. The Morgan fingerprint density at radius 1 is 0.562 bits per heavy atom. The van der Waals surface area contributed by atoms with Crippen LogP contribution >= 0.6 is 0 Å². The molecule has 0 rings (SSSR count). The van der Waals surface area contributed by atoms with Crippen LogP contribution in [0.2, 0.25) is 0 Å². The van der Waals surface area contributed by atoms with Crippen LogP contribution in [0.5, 0.6) is 0 Å². The molecule has 0 unspecified atom stereocenters. The maximum Gasteiger partial charge on any atom is 3.00 e. The van der Waals surface area contributed by atoms with E-state index in [1.807, 2.05) is 0 Å². The number of hydrogen-bond donors (Lipinski definition) is 0. The molecule has 0 spiro atoms. The summed E-state index contributed by atoms with van der Waals surface area (Å²) in [4.78, 5) is 0. The van der Waals surface area contributed by atoms with Crippen molar-refractivity contribution in [2.75, 3.05) is 0 Å². The van der Waals surface area contributed by atoms with Crippen molar-refractivity contribution >= 4 is 57.7 Å². The average molecular weight is 506 g/mol. The molecule has 0 aliphatic carbocycles. The third-order valence-electron chi connectivity index (χ3n) is 0. The van der Waals surface area contributed by atoms with Crippen molar-refractivity contribution in [1.82, 2.24) is 0 Å². The molecule has 0 aliphatic rings. The van der Waals surface area contributed by atoms with Crippen molar-refractivity contribution in [2.45, 2.75) is 0 Å². The summed E-state index contributed by atoms with van der Waals surface area (Å²) in [6.45, 7) is 0. The Labute approximate surface area is 108 Å². The van der Waals surface area contributed by atoms with Gasteiger partial charge < -0.3 is 13.7 Å². The molecular formula is BiF3O9S3. The molecule has 0 fully saturated rings. The fourth-order valence-corrected chi connectivity index (χ4v) is 0. The van der Waals surface area contributed by atoms with Gasteiger partial charge in [0.2, 0.25) is 0 Å². The van der Waals surface area contributed by atoms with E-state index in [1.165, 1.54) is 0 Å². The molecule has 0 saturated heterocycles. The van der Waals surface area contributed by atoms with Crippen LogP contribution in [-0.2, 0) is 31.5 Å². The normalized spacial score (nSPS) is 10.9. The van der Waals surface area contributed by atoms with Gasteiger partial charge >= 0.3 is 26.2 Å². The first-order valence-electron chi connectivity index (χ1n) is 1.96. The predicted octanol–water partition coefficient (Wildman–Crippen LogP) is -2.13. The zero-order valence-electron chi connectivity index (χ0n) is 6.48. The van der Waals surface area contributed by atoms with Crippen molar-refractivity contribution in [3.63, 3.8) is 0 Å². The SMILES string of the molecule is O=S(=O)([O-])F.O=S(=O)([O-])F.O=S(=O)([O-])F.[Bi+3]. The van der Waals surface area contributed by atoms with E-state index in [0.29, 0.717) is 0 Å². The molecule has 98 valence electrons. The van der Waals surface area contributed by atoms with Crippen LogP contribution in [0.1, 0.15) is 0 Å².